The first kappa shape index (κ1) is 32.8. The standard InChI is InChI=1S/C39H38N10O3/c40-19-24(33-21-42-31-9-1-2-10-32(31)44-33)20-41-26-16-17-48(22-26)27-7-3-6-25(18-27)43-35-12-5-13-36(46-35)45-30-11-4-8-28-29(30)23-49(39(28)52)34-14-15-37(50)47-38(34)51/h1-13,18,20-21,26,34,41H,14-17,19,22-23,40H2,(H2,43,45,46)(H,47,50,51)/b24-20+. The van der Waals surface area contributed by atoms with Gasteiger partial charge in [0.25, 0.3) is 5.91 Å². The predicted octanol–water partition coefficient (Wildman–Crippen LogP) is 4.44. The van der Waals surface area contributed by atoms with Gasteiger partial charge in [0, 0.05) is 78.6 Å². The van der Waals surface area contributed by atoms with E-state index in [1.54, 1.807) is 17.2 Å². The van der Waals surface area contributed by atoms with E-state index in [0.29, 0.717) is 30.2 Å². The number of hydrogen-bond donors (Lipinski definition) is 5. The molecule has 0 bridgehead atoms. The number of anilines is 5. The van der Waals surface area contributed by atoms with Crippen LogP contribution in [0, 0.1) is 0 Å². The molecule has 2 atom stereocenters. The molecule has 3 aromatic carbocycles. The molecular weight excluding hydrogens is 656 g/mol. The van der Waals surface area contributed by atoms with Crippen LogP contribution in [0.5, 0.6) is 0 Å². The molecule has 2 fully saturated rings. The van der Waals surface area contributed by atoms with Crippen molar-refractivity contribution in [3.8, 4) is 0 Å². The smallest absolute Gasteiger partial charge is 0.255 e. The third kappa shape index (κ3) is 6.73. The summed E-state index contributed by atoms with van der Waals surface area (Å²) in [5.74, 6) is 0.308. The van der Waals surface area contributed by atoms with Crippen molar-refractivity contribution in [2.45, 2.75) is 37.9 Å². The lowest BCUT2D eigenvalue weighted by Crippen LogP contribution is -2.52. The number of rotatable bonds is 10. The van der Waals surface area contributed by atoms with Gasteiger partial charge in [-0.2, -0.15) is 0 Å². The van der Waals surface area contributed by atoms with Crippen LogP contribution >= 0.6 is 0 Å². The second kappa shape index (κ2) is 14.1. The first-order chi connectivity index (χ1) is 25.4. The van der Waals surface area contributed by atoms with E-state index in [4.69, 9.17) is 15.7 Å². The van der Waals surface area contributed by atoms with Gasteiger partial charge in [-0.25, -0.2) is 9.97 Å². The van der Waals surface area contributed by atoms with Crippen molar-refractivity contribution in [3.05, 3.63) is 114 Å². The minimum Gasteiger partial charge on any atom is -0.386 e. The molecule has 0 aliphatic carbocycles. The Morgan fingerprint density at radius 3 is 2.56 bits per heavy atom. The molecule has 5 aromatic rings. The van der Waals surface area contributed by atoms with Crippen molar-refractivity contribution in [1.29, 1.82) is 0 Å². The van der Waals surface area contributed by atoms with E-state index in [-0.39, 0.29) is 30.8 Å². The van der Waals surface area contributed by atoms with Crippen LogP contribution in [0.1, 0.15) is 40.9 Å². The van der Waals surface area contributed by atoms with Crippen LogP contribution in [0.15, 0.2) is 97.3 Å². The highest BCUT2D eigenvalue weighted by atomic mass is 16.2. The average molecular weight is 695 g/mol. The Bertz CT molecular complexity index is 2220. The summed E-state index contributed by atoms with van der Waals surface area (Å²) in [7, 11) is 0. The highest BCUT2D eigenvalue weighted by molar-refractivity contribution is 6.06. The Labute approximate surface area is 300 Å². The molecule has 5 heterocycles. The maximum Gasteiger partial charge on any atom is 0.255 e. The summed E-state index contributed by atoms with van der Waals surface area (Å²) in [5.41, 5.74) is 13.6. The van der Waals surface area contributed by atoms with Crippen LogP contribution in [-0.2, 0) is 16.1 Å². The lowest BCUT2D eigenvalue weighted by Gasteiger charge is -2.29. The summed E-state index contributed by atoms with van der Waals surface area (Å²) in [4.78, 5) is 55.5. The number of nitrogens with two attached hydrogens (primary N) is 1. The summed E-state index contributed by atoms with van der Waals surface area (Å²) in [6, 6.07) is 26.8. The quantitative estimate of drug-likeness (QED) is 0.131. The monoisotopic (exact) mass is 694 g/mol. The largest absolute Gasteiger partial charge is 0.386 e. The molecular formula is C39H38N10O3. The molecule has 2 aromatic heterocycles. The van der Waals surface area contributed by atoms with E-state index >= 15 is 0 Å². The molecule has 2 unspecified atom stereocenters. The van der Waals surface area contributed by atoms with Gasteiger partial charge < -0.3 is 31.5 Å². The molecule has 3 aliphatic heterocycles. The minimum absolute atomic E-state index is 0.210. The lowest BCUT2D eigenvalue weighted by atomic mass is 10.0. The molecule has 2 saturated heterocycles. The van der Waals surface area contributed by atoms with Crippen LogP contribution in [0.25, 0.3) is 16.6 Å². The second-order valence-corrected chi connectivity index (χ2v) is 13.2. The Balaban J connectivity index is 0.907. The fraction of sp³-hybridized carbons (Fsp3) is 0.231. The van der Waals surface area contributed by atoms with Gasteiger partial charge in [0.1, 0.15) is 17.7 Å². The van der Waals surface area contributed by atoms with Gasteiger partial charge in [-0.05, 0) is 67.4 Å². The van der Waals surface area contributed by atoms with Crippen LogP contribution in [0.2, 0.25) is 0 Å². The minimum atomic E-state index is -0.674. The number of pyridine rings is 1. The van der Waals surface area contributed by atoms with Crippen molar-refractivity contribution < 1.29 is 14.4 Å². The van der Waals surface area contributed by atoms with Crippen LogP contribution < -0.4 is 31.9 Å². The topological polar surface area (TPSA) is 170 Å². The second-order valence-electron chi connectivity index (χ2n) is 13.2. The van der Waals surface area contributed by atoms with Crippen molar-refractivity contribution in [2.24, 2.45) is 5.73 Å². The number of nitrogens with one attached hydrogen (secondary N) is 4. The number of carbonyl (C=O) groups is 3. The number of carbonyl (C=O) groups excluding carboxylic acids is 3. The van der Waals surface area contributed by atoms with Gasteiger partial charge in [-0.15, -0.1) is 0 Å². The number of benzene rings is 3. The van der Waals surface area contributed by atoms with E-state index in [9.17, 15) is 14.4 Å². The number of piperidine rings is 1. The van der Waals surface area contributed by atoms with Gasteiger partial charge in [-0.3, -0.25) is 24.7 Å². The van der Waals surface area contributed by atoms with E-state index in [2.05, 4.69) is 43.3 Å². The van der Waals surface area contributed by atoms with Crippen LogP contribution in [-0.4, -0.2) is 69.3 Å². The molecule has 0 saturated carbocycles. The third-order valence-electron chi connectivity index (χ3n) is 9.76. The molecule has 3 aliphatic rings. The number of aromatic nitrogens is 3. The number of hydrogen-bond acceptors (Lipinski definition) is 11. The van der Waals surface area contributed by atoms with Crippen molar-refractivity contribution >= 4 is 63.0 Å². The zero-order chi connectivity index (χ0) is 35.6. The summed E-state index contributed by atoms with van der Waals surface area (Å²) in [6.45, 7) is 2.37. The van der Waals surface area contributed by atoms with Crippen molar-refractivity contribution in [2.75, 3.05) is 35.2 Å². The Kier molecular flexibility index (Phi) is 8.91. The summed E-state index contributed by atoms with van der Waals surface area (Å²) >= 11 is 0. The van der Waals surface area contributed by atoms with Gasteiger partial charge in [0.15, 0.2) is 0 Å². The van der Waals surface area contributed by atoms with E-state index in [1.165, 1.54) is 0 Å². The first-order valence-electron chi connectivity index (χ1n) is 17.4. The molecule has 0 radical (unpaired) electrons. The molecule has 262 valence electrons. The maximum absolute atomic E-state index is 13.3. The Morgan fingerprint density at radius 2 is 1.71 bits per heavy atom. The average Bonchev–Trinajstić information content (AvgIpc) is 3.77. The van der Waals surface area contributed by atoms with Gasteiger partial charge in [0.05, 0.1) is 22.9 Å². The van der Waals surface area contributed by atoms with Crippen LogP contribution in [0.3, 0.4) is 0 Å². The number of nitrogens with zero attached hydrogens (tertiary/aromatic N) is 5. The fourth-order valence-electron chi connectivity index (χ4n) is 7.04. The molecule has 52 heavy (non-hydrogen) atoms. The van der Waals surface area contributed by atoms with Gasteiger partial charge in [-0.1, -0.05) is 30.3 Å². The zero-order valence-corrected chi connectivity index (χ0v) is 28.4. The van der Waals surface area contributed by atoms with Gasteiger partial charge in [0.2, 0.25) is 11.8 Å². The predicted molar refractivity (Wildman–Crippen MR) is 200 cm³/mol. The third-order valence-corrected chi connectivity index (χ3v) is 9.76. The highest BCUT2D eigenvalue weighted by Crippen LogP contribution is 2.34. The van der Waals surface area contributed by atoms with E-state index in [1.807, 2.05) is 72.9 Å². The highest BCUT2D eigenvalue weighted by Gasteiger charge is 2.40. The molecule has 13 heteroatoms. The molecule has 13 nitrogen and oxygen atoms in total. The Morgan fingerprint density at radius 1 is 0.904 bits per heavy atom. The molecule has 6 N–H and O–H groups in total. The summed E-state index contributed by atoms with van der Waals surface area (Å²) < 4.78 is 0. The van der Waals surface area contributed by atoms with E-state index in [0.717, 1.165) is 64.4 Å². The molecule has 3 amide bonds. The lowest BCUT2D eigenvalue weighted by molar-refractivity contribution is -0.136. The number of amides is 3. The van der Waals surface area contributed by atoms with Crippen molar-refractivity contribution in [3.63, 3.8) is 0 Å². The normalized spacial score (nSPS) is 18.8. The number of para-hydroxylation sites is 2. The Hall–Kier alpha value is -6.34. The summed E-state index contributed by atoms with van der Waals surface area (Å²) in [6.07, 6.45) is 5.26. The van der Waals surface area contributed by atoms with Gasteiger partial charge >= 0.3 is 0 Å². The maximum atomic E-state index is 13.3. The molecule has 8 rings (SSSR count). The first-order valence-corrected chi connectivity index (χ1v) is 17.4. The fourth-order valence-corrected chi connectivity index (χ4v) is 7.04. The number of imide groups is 1. The van der Waals surface area contributed by atoms with Crippen LogP contribution in [0.4, 0.5) is 28.7 Å². The van der Waals surface area contributed by atoms with Crippen molar-refractivity contribution in [1.82, 2.24) is 30.5 Å². The number of fused-ring (bicyclic) bond motifs is 2. The van der Waals surface area contributed by atoms with E-state index < -0.39 is 11.9 Å². The SMILES string of the molecule is NC/C(=C\NC1CCN(c2cccc(Nc3cccc(Nc4cccc5c4CN(C4CCC(=O)NC4=O)C5=O)n3)c2)C1)c1cnc2ccccc2n1. The summed E-state index contributed by atoms with van der Waals surface area (Å²) in [5, 5.41) is 12.7. The zero-order valence-electron chi connectivity index (χ0n) is 28.4. The molecule has 0 spiro atoms.